The summed E-state index contributed by atoms with van der Waals surface area (Å²) in [7, 11) is 0. The minimum absolute atomic E-state index is 0.0111. The van der Waals surface area contributed by atoms with Gasteiger partial charge >= 0.3 is 6.18 Å². The van der Waals surface area contributed by atoms with Crippen LogP contribution in [-0.4, -0.2) is 0 Å². The van der Waals surface area contributed by atoms with Crippen molar-refractivity contribution in [2.45, 2.75) is 11.6 Å². The van der Waals surface area contributed by atoms with E-state index in [0.29, 0.717) is 19.2 Å². The van der Waals surface area contributed by atoms with Crippen LogP contribution in [0.25, 0.3) is 0 Å². The summed E-state index contributed by atoms with van der Waals surface area (Å²) in [6.07, 6.45) is -4.43. The highest BCUT2D eigenvalue weighted by molar-refractivity contribution is 9.11. The molecule has 1 heterocycles. The number of thiophene rings is 1. The van der Waals surface area contributed by atoms with E-state index in [1.165, 1.54) is 17.4 Å². The Morgan fingerprint density at radius 2 is 1.80 bits per heavy atom. The van der Waals surface area contributed by atoms with Gasteiger partial charge in [0.15, 0.2) is 0 Å². The Bertz CT molecular complexity index is 621. The van der Waals surface area contributed by atoms with Gasteiger partial charge in [-0.1, -0.05) is 33.6 Å². The molecule has 0 fully saturated rings. The number of halogens is 7. The van der Waals surface area contributed by atoms with Crippen molar-refractivity contribution in [3.63, 3.8) is 0 Å². The third-order valence-electron chi connectivity index (χ3n) is 2.50. The predicted octanol–water partition coefficient (Wildman–Crippen LogP) is 7.27. The van der Waals surface area contributed by atoms with Crippen LogP contribution in [0.1, 0.15) is 21.4 Å². The summed E-state index contributed by atoms with van der Waals surface area (Å²) >= 11 is 19.6. The molecule has 8 heteroatoms. The maximum atomic E-state index is 12.9. The lowest BCUT2D eigenvalue weighted by atomic mass is 10.1. The molecule has 0 radical (unpaired) electrons. The van der Waals surface area contributed by atoms with Gasteiger partial charge in [0.05, 0.1) is 19.7 Å². The Morgan fingerprint density at radius 3 is 2.30 bits per heavy atom. The lowest BCUT2D eigenvalue weighted by Gasteiger charge is -2.13. The summed E-state index contributed by atoms with van der Waals surface area (Å²) < 4.78 is 39.3. The van der Waals surface area contributed by atoms with Crippen LogP contribution in [0, 0.1) is 0 Å². The van der Waals surface area contributed by atoms with Gasteiger partial charge in [-0.05, 0) is 39.7 Å². The van der Waals surface area contributed by atoms with Gasteiger partial charge in [-0.25, -0.2) is 0 Å². The SMILES string of the molecule is FC(F)(F)c1cc(C(Cl)c2cc(Cl)c(Br)s2)ccc1Br. The molecule has 0 aliphatic carbocycles. The smallest absolute Gasteiger partial charge is 0.166 e. The lowest BCUT2D eigenvalue weighted by molar-refractivity contribution is -0.138. The van der Waals surface area contributed by atoms with Gasteiger partial charge in [0, 0.05) is 9.35 Å². The van der Waals surface area contributed by atoms with Gasteiger partial charge in [-0.3, -0.25) is 0 Å². The van der Waals surface area contributed by atoms with Gasteiger partial charge in [-0.2, -0.15) is 13.2 Å². The topological polar surface area (TPSA) is 0 Å². The molecule has 1 aromatic carbocycles. The first-order chi connectivity index (χ1) is 9.20. The van der Waals surface area contributed by atoms with E-state index in [4.69, 9.17) is 23.2 Å². The minimum atomic E-state index is -4.43. The lowest BCUT2D eigenvalue weighted by Crippen LogP contribution is -2.07. The van der Waals surface area contributed by atoms with Crippen LogP contribution >= 0.6 is 66.4 Å². The molecule has 20 heavy (non-hydrogen) atoms. The fraction of sp³-hybridized carbons (Fsp3) is 0.167. The number of hydrogen-bond acceptors (Lipinski definition) is 1. The Kier molecular flexibility index (Phi) is 5.12. The van der Waals surface area contributed by atoms with E-state index in [2.05, 4.69) is 31.9 Å². The molecular formula is C12H5Br2Cl2F3S. The van der Waals surface area contributed by atoms with Crippen molar-refractivity contribution >= 4 is 66.4 Å². The molecule has 0 nitrogen and oxygen atoms in total. The molecule has 0 bridgehead atoms. The van der Waals surface area contributed by atoms with E-state index < -0.39 is 17.1 Å². The average molecular weight is 469 g/mol. The molecule has 108 valence electrons. The summed E-state index contributed by atoms with van der Waals surface area (Å²) in [6.45, 7) is 0. The zero-order chi connectivity index (χ0) is 15.1. The van der Waals surface area contributed by atoms with Crippen molar-refractivity contribution in [2.75, 3.05) is 0 Å². The molecule has 0 aliphatic heterocycles. The molecule has 0 spiro atoms. The molecule has 0 aliphatic rings. The van der Waals surface area contributed by atoms with Crippen LogP contribution in [0.5, 0.6) is 0 Å². The third kappa shape index (κ3) is 3.53. The summed E-state index contributed by atoms with van der Waals surface area (Å²) in [5.41, 5.74) is -0.380. The highest BCUT2D eigenvalue weighted by Gasteiger charge is 2.33. The zero-order valence-electron chi connectivity index (χ0n) is 9.44. The Morgan fingerprint density at radius 1 is 1.15 bits per heavy atom. The van der Waals surface area contributed by atoms with Crippen molar-refractivity contribution in [1.29, 1.82) is 0 Å². The van der Waals surface area contributed by atoms with Crippen LogP contribution in [0.15, 0.2) is 32.5 Å². The van der Waals surface area contributed by atoms with Crippen molar-refractivity contribution in [3.8, 4) is 0 Å². The van der Waals surface area contributed by atoms with Crippen molar-refractivity contribution in [1.82, 2.24) is 0 Å². The third-order valence-corrected chi connectivity index (χ3v) is 6.35. The molecule has 1 unspecified atom stereocenters. The number of rotatable bonds is 2. The van der Waals surface area contributed by atoms with E-state index in [9.17, 15) is 13.2 Å². The first kappa shape index (κ1) is 16.6. The van der Waals surface area contributed by atoms with Gasteiger partial charge in [0.2, 0.25) is 0 Å². The van der Waals surface area contributed by atoms with E-state index in [1.54, 1.807) is 12.1 Å². The highest BCUT2D eigenvalue weighted by Crippen LogP contribution is 2.42. The quantitative estimate of drug-likeness (QED) is 0.406. The molecule has 0 amide bonds. The summed E-state index contributed by atoms with van der Waals surface area (Å²) in [5, 5.41) is -0.193. The molecule has 1 aromatic heterocycles. The van der Waals surface area contributed by atoms with Gasteiger partial charge in [0.1, 0.15) is 0 Å². The normalized spacial score (nSPS) is 13.6. The van der Waals surface area contributed by atoms with E-state index in [1.807, 2.05) is 0 Å². The number of benzene rings is 1. The zero-order valence-corrected chi connectivity index (χ0v) is 14.9. The maximum Gasteiger partial charge on any atom is 0.417 e. The van der Waals surface area contributed by atoms with Crippen molar-refractivity contribution in [3.05, 3.63) is 53.6 Å². The molecule has 0 saturated heterocycles. The number of hydrogen-bond donors (Lipinski definition) is 0. The first-order valence-electron chi connectivity index (χ1n) is 5.15. The minimum Gasteiger partial charge on any atom is -0.166 e. The summed E-state index contributed by atoms with van der Waals surface area (Å²) in [5.74, 6) is 0. The van der Waals surface area contributed by atoms with Crippen LogP contribution in [0.4, 0.5) is 13.2 Å². The Balaban J connectivity index is 2.43. The molecular weight excluding hydrogens is 464 g/mol. The average Bonchev–Trinajstić information content (AvgIpc) is 2.68. The van der Waals surface area contributed by atoms with Crippen LogP contribution < -0.4 is 0 Å². The second-order valence-electron chi connectivity index (χ2n) is 3.87. The van der Waals surface area contributed by atoms with Crippen LogP contribution in [0.2, 0.25) is 5.02 Å². The Labute approximate surface area is 144 Å². The molecule has 2 rings (SSSR count). The largest absolute Gasteiger partial charge is 0.417 e. The second-order valence-corrected chi connectivity index (χ2v) is 7.97. The fourth-order valence-corrected chi connectivity index (χ4v) is 4.13. The second kappa shape index (κ2) is 6.16. The monoisotopic (exact) mass is 466 g/mol. The maximum absolute atomic E-state index is 12.9. The van der Waals surface area contributed by atoms with Crippen LogP contribution in [0.3, 0.4) is 0 Å². The predicted molar refractivity (Wildman–Crippen MR) is 83.9 cm³/mol. The van der Waals surface area contributed by atoms with Crippen molar-refractivity contribution in [2.24, 2.45) is 0 Å². The van der Waals surface area contributed by atoms with E-state index >= 15 is 0 Å². The van der Waals surface area contributed by atoms with Crippen molar-refractivity contribution < 1.29 is 13.2 Å². The summed E-state index contributed by atoms with van der Waals surface area (Å²) in [6, 6.07) is 5.59. The molecule has 0 saturated carbocycles. The molecule has 2 aromatic rings. The van der Waals surface area contributed by atoms with E-state index in [0.717, 1.165) is 6.07 Å². The van der Waals surface area contributed by atoms with Gasteiger partial charge in [0.25, 0.3) is 0 Å². The standard InChI is InChI=1S/C12H5Br2Cl2F3S/c13-7-2-1-5(3-6(7)12(17,18)19)10(16)9-4-8(15)11(14)20-9/h1-4,10H. The Hall–Kier alpha value is 0.250. The van der Waals surface area contributed by atoms with E-state index in [-0.39, 0.29) is 4.47 Å². The molecule has 1 atom stereocenters. The number of alkyl halides is 4. The van der Waals surface area contributed by atoms with Gasteiger partial charge < -0.3 is 0 Å². The fourth-order valence-electron chi connectivity index (χ4n) is 1.57. The summed E-state index contributed by atoms with van der Waals surface area (Å²) in [4.78, 5) is 0.680. The highest BCUT2D eigenvalue weighted by atomic mass is 79.9. The van der Waals surface area contributed by atoms with Crippen LogP contribution in [-0.2, 0) is 6.18 Å². The van der Waals surface area contributed by atoms with Gasteiger partial charge in [-0.15, -0.1) is 22.9 Å². The first-order valence-corrected chi connectivity index (χ1v) is 8.37. The molecule has 0 N–H and O–H groups in total.